The lowest BCUT2D eigenvalue weighted by atomic mass is 9.86. The van der Waals surface area contributed by atoms with Gasteiger partial charge in [-0.25, -0.2) is 4.57 Å². The van der Waals surface area contributed by atoms with E-state index in [9.17, 15) is 14.3 Å². The molecule has 3 fully saturated rings. The van der Waals surface area contributed by atoms with Gasteiger partial charge in [0, 0.05) is 32.2 Å². The third-order valence-corrected chi connectivity index (χ3v) is 6.23. The fourth-order valence-electron chi connectivity index (χ4n) is 3.86. The van der Waals surface area contributed by atoms with Crippen molar-refractivity contribution < 1.29 is 32.7 Å². The minimum atomic E-state index is -4.23. The molecule has 0 spiro atoms. The smallest absolute Gasteiger partial charge is 0.381 e. The number of aromatic nitrogens is 1. The van der Waals surface area contributed by atoms with Crippen LogP contribution in [0, 0.1) is 0 Å². The number of nitrogens with zero attached hydrogens (tertiary/aromatic N) is 1. The standard InChI is InChI=1S/C18H22NO8P/c1-23-10-18-11-25-14(9-15(18)27-28(21,22)24-2)17(26-18)19-8-7-12-5-3-4-6-13(12)16(19)20/h3-8,14-15,17H,9-11H2,1-2H3,(H,21,22)/t14?,15-,17?,18+/m1/s1. The molecule has 3 unspecified atom stereocenters. The first-order valence-electron chi connectivity index (χ1n) is 8.84. The number of fused-ring (bicyclic) bond motifs is 4. The first-order chi connectivity index (χ1) is 13.4. The van der Waals surface area contributed by atoms with E-state index in [2.05, 4.69) is 4.52 Å². The first kappa shape index (κ1) is 19.7. The van der Waals surface area contributed by atoms with Crippen LogP contribution in [0.25, 0.3) is 10.8 Å². The highest BCUT2D eigenvalue weighted by atomic mass is 31.2. The van der Waals surface area contributed by atoms with E-state index in [0.29, 0.717) is 5.39 Å². The van der Waals surface area contributed by atoms with E-state index in [-0.39, 0.29) is 25.2 Å². The van der Waals surface area contributed by atoms with Crippen LogP contribution < -0.4 is 5.56 Å². The third kappa shape index (κ3) is 3.33. The summed E-state index contributed by atoms with van der Waals surface area (Å²) < 4.78 is 40.7. The van der Waals surface area contributed by atoms with Gasteiger partial charge in [0.1, 0.15) is 17.8 Å². The lowest BCUT2D eigenvalue weighted by Crippen LogP contribution is -2.66. The molecule has 152 valence electrons. The SMILES string of the molecule is COC[C@]12COC(C[C@H]1OP(=O)(O)OC)C(n1ccc3ccccc3c1=O)O2. The molecule has 0 radical (unpaired) electrons. The van der Waals surface area contributed by atoms with Crippen LogP contribution in [0.3, 0.4) is 0 Å². The summed E-state index contributed by atoms with van der Waals surface area (Å²) in [5, 5.41) is 1.41. The maximum Gasteiger partial charge on any atom is 0.472 e. The lowest BCUT2D eigenvalue weighted by molar-refractivity contribution is -0.334. The number of ether oxygens (including phenoxy) is 3. The molecule has 0 amide bonds. The molecule has 3 aliphatic rings. The fraction of sp³-hybridized carbons (Fsp3) is 0.500. The van der Waals surface area contributed by atoms with Crippen molar-refractivity contribution in [1.29, 1.82) is 0 Å². The van der Waals surface area contributed by atoms with Crippen molar-refractivity contribution in [1.82, 2.24) is 4.57 Å². The largest absolute Gasteiger partial charge is 0.472 e. The van der Waals surface area contributed by atoms with Gasteiger partial charge in [-0.3, -0.25) is 18.4 Å². The molecular formula is C18H22NO8P. The molecule has 3 saturated heterocycles. The van der Waals surface area contributed by atoms with Crippen LogP contribution in [0.1, 0.15) is 12.6 Å². The second-order valence-electron chi connectivity index (χ2n) is 6.95. The predicted octanol–water partition coefficient (Wildman–Crippen LogP) is 1.84. The molecule has 9 nitrogen and oxygen atoms in total. The summed E-state index contributed by atoms with van der Waals surface area (Å²) in [5.41, 5.74) is -1.34. The van der Waals surface area contributed by atoms with Gasteiger partial charge >= 0.3 is 7.82 Å². The van der Waals surface area contributed by atoms with E-state index in [0.717, 1.165) is 12.5 Å². The maximum atomic E-state index is 13.0. The minimum Gasteiger partial charge on any atom is -0.381 e. The molecule has 1 N–H and O–H groups in total. The quantitative estimate of drug-likeness (QED) is 0.718. The van der Waals surface area contributed by atoms with Crippen LogP contribution in [-0.4, -0.2) is 54.7 Å². The molecule has 2 aromatic rings. The van der Waals surface area contributed by atoms with E-state index in [4.69, 9.17) is 18.7 Å². The van der Waals surface area contributed by atoms with Crippen molar-refractivity contribution in [2.45, 2.75) is 30.5 Å². The highest BCUT2D eigenvalue weighted by Gasteiger charge is 2.57. The Kier molecular flexibility index (Phi) is 5.18. The van der Waals surface area contributed by atoms with Crippen molar-refractivity contribution in [2.24, 2.45) is 0 Å². The van der Waals surface area contributed by atoms with Crippen LogP contribution in [0.5, 0.6) is 0 Å². The van der Waals surface area contributed by atoms with Gasteiger partial charge in [-0.05, 0) is 17.5 Å². The van der Waals surface area contributed by atoms with E-state index in [1.807, 2.05) is 18.2 Å². The monoisotopic (exact) mass is 411 g/mol. The van der Waals surface area contributed by atoms with Crippen molar-refractivity contribution in [3.8, 4) is 0 Å². The molecule has 5 atom stereocenters. The molecule has 10 heteroatoms. The second kappa shape index (κ2) is 7.35. The minimum absolute atomic E-state index is 0.0624. The summed E-state index contributed by atoms with van der Waals surface area (Å²) in [6.07, 6.45) is -0.0985. The number of benzene rings is 1. The van der Waals surface area contributed by atoms with Gasteiger partial charge < -0.3 is 19.1 Å². The molecule has 0 aliphatic carbocycles. The number of pyridine rings is 1. The summed E-state index contributed by atoms with van der Waals surface area (Å²) in [6.45, 7) is 0.172. The van der Waals surface area contributed by atoms with Gasteiger partial charge in [-0.1, -0.05) is 18.2 Å². The zero-order chi connectivity index (χ0) is 19.9. The Morgan fingerprint density at radius 1 is 1.32 bits per heavy atom. The Balaban J connectivity index is 1.70. The second-order valence-corrected chi connectivity index (χ2v) is 8.47. The van der Waals surface area contributed by atoms with E-state index >= 15 is 0 Å². The molecule has 3 aliphatic heterocycles. The topological polar surface area (TPSA) is 105 Å². The highest BCUT2D eigenvalue weighted by molar-refractivity contribution is 7.47. The summed E-state index contributed by atoms with van der Waals surface area (Å²) in [6, 6.07) is 9.14. The van der Waals surface area contributed by atoms with Crippen LogP contribution in [0.15, 0.2) is 41.3 Å². The Morgan fingerprint density at radius 3 is 2.86 bits per heavy atom. The zero-order valence-electron chi connectivity index (χ0n) is 15.5. The van der Waals surface area contributed by atoms with Gasteiger partial charge in [0.25, 0.3) is 5.56 Å². The Bertz CT molecular complexity index is 973. The van der Waals surface area contributed by atoms with Crippen molar-refractivity contribution >= 4 is 18.6 Å². The van der Waals surface area contributed by atoms with Crippen molar-refractivity contribution in [2.75, 3.05) is 27.4 Å². The Hall–Kier alpha value is -1.58. The Labute approximate surface area is 161 Å². The predicted molar refractivity (Wildman–Crippen MR) is 99.0 cm³/mol. The average Bonchev–Trinajstić information content (AvgIpc) is 2.69. The first-order valence-corrected chi connectivity index (χ1v) is 10.3. The molecule has 5 rings (SSSR count). The van der Waals surface area contributed by atoms with Crippen molar-refractivity contribution in [3.63, 3.8) is 0 Å². The summed E-state index contributed by atoms with van der Waals surface area (Å²) in [5.74, 6) is 0. The number of rotatable bonds is 6. The van der Waals surface area contributed by atoms with E-state index in [1.54, 1.807) is 18.3 Å². The number of phosphoric acid groups is 1. The summed E-state index contributed by atoms with van der Waals surface area (Å²) >= 11 is 0. The zero-order valence-corrected chi connectivity index (χ0v) is 16.4. The fourth-order valence-corrected chi connectivity index (χ4v) is 4.54. The summed E-state index contributed by atoms with van der Waals surface area (Å²) in [4.78, 5) is 22.7. The molecule has 28 heavy (non-hydrogen) atoms. The van der Waals surface area contributed by atoms with Gasteiger partial charge in [0.2, 0.25) is 0 Å². The van der Waals surface area contributed by atoms with E-state index in [1.165, 1.54) is 11.7 Å². The number of hydrogen-bond acceptors (Lipinski definition) is 7. The molecule has 1 aromatic carbocycles. The third-order valence-electron chi connectivity index (χ3n) is 5.24. The highest BCUT2D eigenvalue weighted by Crippen LogP contribution is 2.51. The molecule has 2 bridgehead atoms. The van der Waals surface area contributed by atoms with Gasteiger partial charge in [0.05, 0.1) is 13.2 Å². The van der Waals surface area contributed by atoms with Gasteiger partial charge in [-0.15, -0.1) is 0 Å². The molecule has 4 heterocycles. The molecular weight excluding hydrogens is 389 g/mol. The molecule has 1 aromatic heterocycles. The number of phosphoric ester groups is 1. The van der Waals surface area contributed by atoms with Gasteiger partial charge in [0.15, 0.2) is 6.23 Å². The van der Waals surface area contributed by atoms with E-state index < -0.39 is 31.9 Å². The lowest BCUT2D eigenvalue weighted by Gasteiger charge is -2.53. The molecule has 0 saturated carbocycles. The van der Waals surface area contributed by atoms with Crippen LogP contribution in [-0.2, 0) is 27.8 Å². The summed E-state index contributed by atoms with van der Waals surface area (Å²) in [7, 11) is -1.65. The van der Waals surface area contributed by atoms with Gasteiger partial charge in [-0.2, -0.15) is 0 Å². The normalized spacial score (nSPS) is 31.8. The number of methoxy groups -OCH3 is 1. The van der Waals surface area contributed by atoms with Crippen molar-refractivity contribution in [3.05, 3.63) is 46.9 Å². The maximum absolute atomic E-state index is 13.0. The van der Waals surface area contributed by atoms with Crippen LogP contribution in [0.4, 0.5) is 0 Å². The number of hydrogen-bond donors (Lipinski definition) is 1. The van der Waals surface area contributed by atoms with Crippen LogP contribution >= 0.6 is 7.82 Å². The Morgan fingerprint density at radius 2 is 2.11 bits per heavy atom. The van der Waals surface area contributed by atoms with Crippen LogP contribution in [0.2, 0.25) is 0 Å². The average molecular weight is 411 g/mol.